The number of hydrogen-bond donors (Lipinski definition) is 1. The molecular formula is C17H33N3. The molecule has 0 spiro atoms. The topological polar surface area (TPSA) is 18.5 Å². The Morgan fingerprint density at radius 1 is 0.900 bits per heavy atom. The van der Waals surface area contributed by atoms with Gasteiger partial charge in [0.25, 0.3) is 0 Å². The van der Waals surface area contributed by atoms with Gasteiger partial charge in [0, 0.05) is 25.2 Å². The largest absolute Gasteiger partial charge is 0.317 e. The Hall–Kier alpha value is -0.120. The van der Waals surface area contributed by atoms with Gasteiger partial charge in [-0.15, -0.1) is 0 Å². The van der Waals surface area contributed by atoms with Crippen LogP contribution in [-0.2, 0) is 0 Å². The van der Waals surface area contributed by atoms with E-state index in [4.69, 9.17) is 0 Å². The highest BCUT2D eigenvalue weighted by atomic mass is 15.3. The fraction of sp³-hybridized carbons (Fsp3) is 1.00. The van der Waals surface area contributed by atoms with Crippen LogP contribution in [0.1, 0.15) is 51.4 Å². The molecule has 3 aliphatic rings. The highest BCUT2D eigenvalue weighted by Crippen LogP contribution is 2.27. The van der Waals surface area contributed by atoms with Gasteiger partial charge in [-0.25, -0.2) is 0 Å². The van der Waals surface area contributed by atoms with Crippen LogP contribution in [0, 0.1) is 5.92 Å². The van der Waals surface area contributed by atoms with Crippen molar-refractivity contribution in [1.82, 2.24) is 15.1 Å². The summed E-state index contributed by atoms with van der Waals surface area (Å²) < 4.78 is 0. The highest BCUT2D eigenvalue weighted by Gasteiger charge is 2.32. The SMILES string of the molecule is CNC1CCCCCC1CN1CCC(N2CCCC2)C1. The molecule has 3 rings (SSSR count). The molecule has 3 heteroatoms. The smallest absolute Gasteiger partial charge is 0.0235 e. The van der Waals surface area contributed by atoms with Gasteiger partial charge in [-0.3, -0.25) is 4.90 Å². The molecule has 2 heterocycles. The highest BCUT2D eigenvalue weighted by molar-refractivity contribution is 4.88. The number of nitrogens with zero attached hydrogens (tertiary/aromatic N) is 2. The monoisotopic (exact) mass is 279 g/mol. The molecule has 116 valence electrons. The van der Waals surface area contributed by atoms with E-state index in [0.717, 1.165) is 18.0 Å². The Morgan fingerprint density at radius 2 is 1.70 bits per heavy atom. The molecule has 0 aromatic rings. The second-order valence-electron chi connectivity index (χ2n) is 7.24. The maximum atomic E-state index is 3.60. The molecule has 1 saturated carbocycles. The molecule has 2 saturated heterocycles. The molecule has 20 heavy (non-hydrogen) atoms. The van der Waals surface area contributed by atoms with Crippen molar-refractivity contribution < 1.29 is 0 Å². The van der Waals surface area contributed by atoms with Crippen molar-refractivity contribution in [2.75, 3.05) is 39.8 Å². The van der Waals surface area contributed by atoms with Crippen LogP contribution in [0.3, 0.4) is 0 Å². The van der Waals surface area contributed by atoms with Crippen molar-refractivity contribution in [1.29, 1.82) is 0 Å². The molecule has 0 bridgehead atoms. The summed E-state index contributed by atoms with van der Waals surface area (Å²) in [6.45, 7) is 6.75. The fourth-order valence-electron chi connectivity index (χ4n) is 4.70. The van der Waals surface area contributed by atoms with Gasteiger partial charge in [-0.1, -0.05) is 19.3 Å². The first-order valence-electron chi connectivity index (χ1n) is 9.00. The summed E-state index contributed by atoms with van der Waals surface area (Å²) in [5.74, 6) is 0.889. The second kappa shape index (κ2) is 7.24. The van der Waals surface area contributed by atoms with Crippen LogP contribution in [0.15, 0.2) is 0 Å². The van der Waals surface area contributed by atoms with Crippen molar-refractivity contribution in [3.8, 4) is 0 Å². The van der Waals surface area contributed by atoms with Crippen molar-refractivity contribution in [2.45, 2.75) is 63.5 Å². The Kier molecular flexibility index (Phi) is 5.36. The minimum Gasteiger partial charge on any atom is -0.317 e. The van der Waals surface area contributed by atoms with Crippen molar-refractivity contribution in [3.05, 3.63) is 0 Å². The zero-order valence-electron chi connectivity index (χ0n) is 13.3. The first kappa shape index (κ1) is 14.8. The van der Waals surface area contributed by atoms with Gasteiger partial charge < -0.3 is 10.2 Å². The van der Waals surface area contributed by atoms with Crippen LogP contribution in [0.5, 0.6) is 0 Å². The standard InChI is InChI=1S/C17H33N3/c1-18-17-8-4-2-3-7-15(17)13-19-12-9-16(14-19)20-10-5-6-11-20/h15-18H,2-14H2,1H3. The lowest BCUT2D eigenvalue weighted by molar-refractivity contribution is 0.199. The number of rotatable bonds is 4. The number of hydrogen-bond acceptors (Lipinski definition) is 3. The Morgan fingerprint density at radius 3 is 2.50 bits per heavy atom. The second-order valence-corrected chi connectivity index (χ2v) is 7.24. The van der Waals surface area contributed by atoms with Gasteiger partial charge >= 0.3 is 0 Å². The van der Waals surface area contributed by atoms with E-state index in [1.165, 1.54) is 84.1 Å². The summed E-state index contributed by atoms with van der Waals surface area (Å²) in [6, 6.07) is 1.64. The van der Waals surface area contributed by atoms with Gasteiger partial charge in [-0.05, 0) is 64.7 Å². The zero-order valence-corrected chi connectivity index (χ0v) is 13.3. The number of nitrogens with one attached hydrogen (secondary N) is 1. The Balaban J connectivity index is 1.49. The van der Waals surface area contributed by atoms with E-state index < -0.39 is 0 Å². The van der Waals surface area contributed by atoms with Crippen LogP contribution < -0.4 is 5.32 Å². The quantitative estimate of drug-likeness (QED) is 0.797. The molecule has 3 nitrogen and oxygen atoms in total. The summed E-state index contributed by atoms with van der Waals surface area (Å²) in [6.07, 6.45) is 11.4. The average Bonchev–Trinajstić information content (AvgIpc) is 3.08. The molecule has 3 fully saturated rings. The molecule has 0 aromatic carbocycles. The lowest BCUT2D eigenvalue weighted by Gasteiger charge is -2.30. The third-order valence-electron chi connectivity index (χ3n) is 5.93. The van der Waals surface area contributed by atoms with Gasteiger partial charge in [0.05, 0.1) is 0 Å². The van der Waals surface area contributed by atoms with E-state index in [9.17, 15) is 0 Å². The van der Waals surface area contributed by atoms with E-state index in [-0.39, 0.29) is 0 Å². The number of likely N-dealkylation sites (tertiary alicyclic amines) is 2. The van der Waals surface area contributed by atoms with E-state index in [2.05, 4.69) is 22.2 Å². The summed E-state index contributed by atoms with van der Waals surface area (Å²) in [5, 5.41) is 3.60. The molecule has 3 unspecified atom stereocenters. The molecule has 2 aliphatic heterocycles. The van der Waals surface area contributed by atoms with Gasteiger partial charge in [0.2, 0.25) is 0 Å². The first-order chi connectivity index (χ1) is 9.86. The fourth-order valence-corrected chi connectivity index (χ4v) is 4.70. The van der Waals surface area contributed by atoms with Crippen molar-refractivity contribution >= 4 is 0 Å². The van der Waals surface area contributed by atoms with E-state index in [1.807, 2.05) is 0 Å². The first-order valence-corrected chi connectivity index (χ1v) is 9.00. The van der Waals surface area contributed by atoms with E-state index in [0.29, 0.717) is 0 Å². The van der Waals surface area contributed by atoms with Crippen LogP contribution in [0.25, 0.3) is 0 Å². The minimum absolute atomic E-state index is 0.767. The van der Waals surface area contributed by atoms with Crippen LogP contribution in [-0.4, -0.2) is 61.7 Å². The molecular weight excluding hydrogens is 246 g/mol. The summed E-state index contributed by atoms with van der Waals surface area (Å²) >= 11 is 0. The van der Waals surface area contributed by atoms with Crippen LogP contribution >= 0.6 is 0 Å². The van der Waals surface area contributed by atoms with Crippen molar-refractivity contribution in [2.24, 2.45) is 5.92 Å². The van der Waals surface area contributed by atoms with Gasteiger partial charge in [-0.2, -0.15) is 0 Å². The Bertz CT molecular complexity index is 288. The predicted octanol–water partition coefficient (Wildman–Crippen LogP) is 2.32. The summed E-state index contributed by atoms with van der Waals surface area (Å²) in [5.41, 5.74) is 0. The maximum Gasteiger partial charge on any atom is 0.0235 e. The van der Waals surface area contributed by atoms with Gasteiger partial charge in [0.15, 0.2) is 0 Å². The van der Waals surface area contributed by atoms with Crippen LogP contribution in [0.4, 0.5) is 0 Å². The third-order valence-corrected chi connectivity index (χ3v) is 5.93. The summed E-state index contributed by atoms with van der Waals surface area (Å²) in [4.78, 5) is 5.52. The summed E-state index contributed by atoms with van der Waals surface area (Å²) in [7, 11) is 2.17. The molecule has 3 atom stereocenters. The van der Waals surface area contributed by atoms with Crippen LogP contribution in [0.2, 0.25) is 0 Å². The zero-order chi connectivity index (χ0) is 13.8. The molecule has 1 N–H and O–H groups in total. The Labute approximate surface area is 125 Å². The molecule has 0 radical (unpaired) electrons. The predicted molar refractivity (Wildman–Crippen MR) is 85.1 cm³/mol. The molecule has 0 amide bonds. The van der Waals surface area contributed by atoms with Crippen molar-refractivity contribution in [3.63, 3.8) is 0 Å². The molecule has 0 aromatic heterocycles. The average molecular weight is 279 g/mol. The molecule has 1 aliphatic carbocycles. The third kappa shape index (κ3) is 3.55. The van der Waals surface area contributed by atoms with E-state index >= 15 is 0 Å². The minimum atomic E-state index is 0.767. The maximum absolute atomic E-state index is 3.60. The van der Waals surface area contributed by atoms with Gasteiger partial charge in [0.1, 0.15) is 0 Å². The normalized spacial score (nSPS) is 37.4. The lowest BCUT2D eigenvalue weighted by atomic mass is 9.94. The lowest BCUT2D eigenvalue weighted by Crippen LogP contribution is -2.41. The van der Waals surface area contributed by atoms with E-state index in [1.54, 1.807) is 0 Å².